The minimum Gasteiger partial charge on any atom is -0.361 e. The number of aromatic nitrogens is 1. The summed E-state index contributed by atoms with van der Waals surface area (Å²) in [4.78, 5) is 22.3. The first kappa shape index (κ1) is 16.6. The molecule has 5 nitrogen and oxygen atoms in total. The van der Waals surface area contributed by atoms with Crippen molar-refractivity contribution < 1.29 is 4.79 Å². The number of carbonyl (C=O) groups excluding carboxylic acids is 1. The summed E-state index contributed by atoms with van der Waals surface area (Å²) in [7, 11) is 0. The third-order valence-corrected chi connectivity index (χ3v) is 5.49. The Bertz CT molecular complexity index is 884. The van der Waals surface area contributed by atoms with Gasteiger partial charge < -0.3 is 15.1 Å². The van der Waals surface area contributed by atoms with Crippen LogP contribution in [0.1, 0.15) is 38.3 Å². The van der Waals surface area contributed by atoms with E-state index in [4.69, 9.17) is 6.57 Å². The molecule has 3 atom stereocenters. The van der Waals surface area contributed by atoms with Crippen molar-refractivity contribution in [2.45, 2.75) is 38.8 Å². The second kappa shape index (κ2) is 6.45. The van der Waals surface area contributed by atoms with Crippen molar-refractivity contribution in [2.75, 3.05) is 10.2 Å². The molecule has 1 aliphatic heterocycles. The van der Waals surface area contributed by atoms with E-state index >= 15 is 0 Å². The van der Waals surface area contributed by atoms with E-state index in [0.717, 1.165) is 11.3 Å². The van der Waals surface area contributed by atoms with Crippen LogP contribution in [-0.4, -0.2) is 16.9 Å². The number of para-hydroxylation sites is 1. The van der Waals surface area contributed by atoms with Gasteiger partial charge in [0.25, 0.3) is 5.82 Å². The third kappa shape index (κ3) is 2.82. The number of nitrogens with one attached hydrogen (secondary N) is 1. The molecule has 1 fully saturated rings. The third-order valence-electron chi connectivity index (χ3n) is 5.49. The van der Waals surface area contributed by atoms with Crippen molar-refractivity contribution in [3.05, 3.63) is 59.4 Å². The standard InChI is InChI=1S/C21H22N4O/c1-13-20(24-19-10-6-9-18(22-3)23-19)16-7-4-5-8-17(16)25(14(2)26)21(13)15-11-12-15/h4-10,13,15,20-21H,11-12H2,1-2H3,(H,23,24)/t13-,20-,21-/m1/s1. The average molecular weight is 346 g/mol. The van der Waals surface area contributed by atoms with E-state index < -0.39 is 0 Å². The highest BCUT2D eigenvalue weighted by molar-refractivity contribution is 5.94. The van der Waals surface area contributed by atoms with Gasteiger partial charge in [-0.3, -0.25) is 4.79 Å². The topological polar surface area (TPSA) is 49.6 Å². The summed E-state index contributed by atoms with van der Waals surface area (Å²) in [5, 5.41) is 3.54. The Morgan fingerprint density at radius 2 is 2.00 bits per heavy atom. The van der Waals surface area contributed by atoms with Gasteiger partial charge in [0.2, 0.25) is 11.7 Å². The highest BCUT2D eigenvalue weighted by Gasteiger charge is 2.47. The van der Waals surface area contributed by atoms with Crippen LogP contribution >= 0.6 is 0 Å². The Morgan fingerprint density at radius 3 is 2.69 bits per heavy atom. The molecule has 1 aliphatic carbocycles. The van der Waals surface area contributed by atoms with Crippen LogP contribution in [0.15, 0.2) is 42.5 Å². The van der Waals surface area contributed by atoms with Gasteiger partial charge in [0.1, 0.15) is 0 Å². The van der Waals surface area contributed by atoms with Crippen molar-refractivity contribution in [3.63, 3.8) is 0 Å². The van der Waals surface area contributed by atoms with Crippen molar-refractivity contribution in [2.24, 2.45) is 11.8 Å². The fraction of sp³-hybridized carbons (Fsp3) is 0.381. The van der Waals surface area contributed by atoms with Crippen LogP contribution in [0.2, 0.25) is 0 Å². The zero-order chi connectivity index (χ0) is 18.3. The molecule has 1 N–H and O–H groups in total. The molecule has 2 aliphatic rings. The molecule has 0 unspecified atom stereocenters. The predicted octanol–water partition coefficient (Wildman–Crippen LogP) is 4.57. The summed E-state index contributed by atoms with van der Waals surface area (Å²) >= 11 is 0. The van der Waals surface area contributed by atoms with Crippen LogP contribution < -0.4 is 10.2 Å². The molecule has 1 amide bonds. The predicted molar refractivity (Wildman–Crippen MR) is 102 cm³/mol. The maximum Gasteiger partial charge on any atom is 0.271 e. The zero-order valence-electron chi connectivity index (χ0n) is 15.0. The first-order chi connectivity index (χ1) is 12.6. The van der Waals surface area contributed by atoms with Gasteiger partial charge in [0, 0.05) is 30.6 Å². The van der Waals surface area contributed by atoms with Gasteiger partial charge in [0.05, 0.1) is 6.04 Å². The molecule has 0 bridgehead atoms. The van der Waals surface area contributed by atoms with Gasteiger partial charge in [-0.25, -0.2) is 0 Å². The van der Waals surface area contributed by atoms with Crippen molar-refractivity contribution in [1.82, 2.24) is 4.98 Å². The minimum atomic E-state index is 0.0564. The summed E-state index contributed by atoms with van der Waals surface area (Å²) in [6.45, 7) is 11.1. The highest BCUT2D eigenvalue weighted by Crippen LogP contribution is 2.49. The number of anilines is 2. The maximum absolute atomic E-state index is 12.5. The van der Waals surface area contributed by atoms with E-state index in [1.165, 1.54) is 12.8 Å². The summed E-state index contributed by atoms with van der Waals surface area (Å²) in [6, 6.07) is 13.8. The zero-order valence-corrected chi connectivity index (χ0v) is 15.0. The lowest BCUT2D eigenvalue weighted by molar-refractivity contribution is -0.117. The molecule has 0 spiro atoms. The molecule has 5 heteroatoms. The van der Waals surface area contributed by atoms with Crippen molar-refractivity contribution >= 4 is 23.2 Å². The molecule has 2 aromatic rings. The second-order valence-electron chi connectivity index (χ2n) is 7.25. The Morgan fingerprint density at radius 1 is 1.23 bits per heavy atom. The molecule has 1 saturated carbocycles. The van der Waals surface area contributed by atoms with Gasteiger partial charge in [-0.05, 0) is 36.5 Å². The van der Waals surface area contributed by atoms with E-state index in [1.807, 2.05) is 35.2 Å². The number of hydrogen-bond donors (Lipinski definition) is 1. The van der Waals surface area contributed by atoms with Gasteiger partial charge in [-0.1, -0.05) is 37.8 Å². The number of rotatable bonds is 3. The van der Waals surface area contributed by atoms with Crippen LogP contribution in [0.5, 0.6) is 0 Å². The fourth-order valence-corrected chi connectivity index (χ4v) is 4.24. The molecule has 1 aromatic heterocycles. The number of amides is 1. The van der Waals surface area contributed by atoms with Crippen LogP contribution in [0, 0.1) is 18.4 Å². The Balaban J connectivity index is 1.76. The maximum atomic E-state index is 12.5. The molecule has 4 rings (SSSR count). The lowest BCUT2D eigenvalue weighted by Gasteiger charge is -2.45. The minimum absolute atomic E-state index is 0.0564. The van der Waals surface area contributed by atoms with E-state index in [-0.39, 0.29) is 23.9 Å². The molecule has 0 radical (unpaired) electrons. The largest absolute Gasteiger partial charge is 0.361 e. The van der Waals surface area contributed by atoms with Crippen molar-refractivity contribution in [3.8, 4) is 0 Å². The Kier molecular flexibility index (Phi) is 4.12. The van der Waals surface area contributed by atoms with Crippen molar-refractivity contribution in [1.29, 1.82) is 0 Å². The molecule has 1 aromatic carbocycles. The Hall–Kier alpha value is -2.87. The smallest absolute Gasteiger partial charge is 0.271 e. The monoisotopic (exact) mass is 346 g/mol. The highest BCUT2D eigenvalue weighted by atomic mass is 16.2. The average Bonchev–Trinajstić information content (AvgIpc) is 3.48. The second-order valence-corrected chi connectivity index (χ2v) is 7.25. The number of carbonyl (C=O) groups is 1. The lowest BCUT2D eigenvalue weighted by Crippen LogP contribution is -2.51. The summed E-state index contributed by atoms with van der Waals surface area (Å²) in [5.74, 6) is 2.01. The molecule has 2 heterocycles. The van der Waals surface area contributed by atoms with E-state index in [0.29, 0.717) is 17.6 Å². The first-order valence-electron chi connectivity index (χ1n) is 9.10. The van der Waals surface area contributed by atoms with Crippen LogP contribution in [0.4, 0.5) is 17.3 Å². The number of benzene rings is 1. The van der Waals surface area contributed by atoms with E-state index in [9.17, 15) is 4.79 Å². The molecule has 132 valence electrons. The van der Waals surface area contributed by atoms with Gasteiger partial charge >= 0.3 is 0 Å². The van der Waals surface area contributed by atoms with Crippen LogP contribution in [0.25, 0.3) is 4.85 Å². The van der Waals surface area contributed by atoms with E-state index in [2.05, 4.69) is 28.1 Å². The molecule has 26 heavy (non-hydrogen) atoms. The fourth-order valence-electron chi connectivity index (χ4n) is 4.24. The summed E-state index contributed by atoms with van der Waals surface area (Å²) < 4.78 is 0. The Labute approximate surface area is 153 Å². The number of pyridine rings is 1. The number of hydrogen-bond acceptors (Lipinski definition) is 3. The summed E-state index contributed by atoms with van der Waals surface area (Å²) in [6.07, 6.45) is 2.36. The lowest BCUT2D eigenvalue weighted by atomic mass is 9.80. The summed E-state index contributed by atoms with van der Waals surface area (Å²) in [5.41, 5.74) is 2.11. The first-order valence-corrected chi connectivity index (χ1v) is 9.10. The number of fused-ring (bicyclic) bond motifs is 1. The molecule has 0 saturated heterocycles. The molecular weight excluding hydrogens is 324 g/mol. The normalized spacial score (nSPS) is 24.5. The molecular formula is C21H22N4O. The SMILES string of the molecule is [C-]#[N+]c1cccc(N[C@H]2c3ccccc3N(C(C)=O)[C@@H](C3CC3)[C@@H]2C)n1. The van der Waals surface area contributed by atoms with Gasteiger partial charge in [0.15, 0.2) is 0 Å². The van der Waals surface area contributed by atoms with Crippen LogP contribution in [-0.2, 0) is 4.79 Å². The van der Waals surface area contributed by atoms with Crippen LogP contribution in [0.3, 0.4) is 0 Å². The quantitative estimate of drug-likeness (QED) is 0.829. The van der Waals surface area contributed by atoms with E-state index in [1.54, 1.807) is 13.0 Å². The number of nitrogens with zero attached hydrogens (tertiary/aromatic N) is 3. The van der Waals surface area contributed by atoms with Gasteiger partial charge in [-0.15, -0.1) is 4.98 Å². The van der Waals surface area contributed by atoms with Gasteiger partial charge in [-0.2, -0.15) is 0 Å².